The Balaban J connectivity index is 1.88. The molecule has 3 aromatic carbocycles. The molecule has 0 bridgehead atoms. The van der Waals surface area contributed by atoms with Gasteiger partial charge in [0, 0.05) is 15.6 Å². The molecule has 1 heterocycles. The van der Waals surface area contributed by atoms with Crippen LogP contribution in [0.3, 0.4) is 0 Å². The summed E-state index contributed by atoms with van der Waals surface area (Å²) in [6, 6.07) is 18.5. The van der Waals surface area contributed by atoms with Crippen molar-refractivity contribution in [3.8, 4) is 22.9 Å². The Hall–Kier alpha value is -3.23. The van der Waals surface area contributed by atoms with Gasteiger partial charge in [0.25, 0.3) is 5.56 Å². The normalized spacial score (nSPS) is 11.1. The highest BCUT2D eigenvalue weighted by molar-refractivity contribution is 9.13. The van der Waals surface area contributed by atoms with Crippen LogP contribution < -0.4 is 15.0 Å². The second-order valence-electron chi connectivity index (χ2n) is 7.13. The van der Waals surface area contributed by atoms with Crippen LogP contribution in [-0.4, -0.2) is 29.1 Å². The van der Waals surface area contributed by atoms with Gasteiger partial charge in [0.2, 0.25) is 0 Å². The first-order valence-corrected chi connectivity index (χ1v) is 12.1. The van der Waals surface area contributed by atoms with Crippen molar-refractivity contribution in [3.63, 3.8) is 0 Å². The minimum Gasteiger partial charge on any atom is -0.490 e. The lowest BCUT2D eigenvalue weighted by Crippen LogP contribution is -2.20. The predicted molar refractivity (Wildman–Crippen MR) is 143 cm³/mol. The molecule has 8 heteroatoms. The Morgan fingerprint density at radius 1 is 1.06 bits per heavy atom. The van der Waals surface area contributed by atoms with Gasteiger partial charge in [0.15, 0.2) is 17.3 Å². The number of benzene rings is 3. The van der Waals surface area contributed by atoms with Gasteiger partial charge < -0.3 is 9.47 Å². The van der Waals surface area contributed by atoms with E-state index in [1.54, 1.807) is 18.4 Å². The van der Waals surface area contributed by atoms with Crippen molar-refractivity contribution in [3.05, 3.63) is 98.2 Å². The maximum absolute atomic E-state index is 13.4. The molecule has 6 nitrogen and oxygen atoms in total. The fourth-order valence-electron chi connectivity index (χ4n) is 3.36. The highest BCUT2D eigenvalue weighted by atomic mass is 79.9. The molecule has 0 fully saturated rings. The third kappa shape index (κ3) is 4.83. The van der Waals surface area contributed by atoms with Crippen LogP contribution in [0.4, 0.5) is 0 Å². The van der Waals surface area contributed by atoms with Crippen LogP contribution in [0.15, 0.2) is 92.2 Å². The summed E-state index contributed by atoms with van der Waals surface area (Å²) >= 11 is 7.18. The fourth-order valence-corrected chi connectivity index (χ4v) is 4.30. The summed E-state index contributed by atoms with van der Waals surface area (Å²) in [6.07, 6.45) is 3.26. The highest BCUT2D eigenvalue weighted by Crippen LogP contribution is 2.42. The third-order valence-electron chi connectivity index (χ3n) is 4.90. The van der Waals surface area contributed by atoms with E-state index in [0.29, 0.717) is 55.9 Å². The van der Waals surface area contributed by atoms with Crippen LogP contribution in [0.25, 0.3) is 22.3 Å². The molecule has 4 aromatic rings. The monoisotopic (exact) mass is 581 g/mol. The molecule has 0 spiro atoms. The van der Waals surface area contributed by atoms with Gasteiger partial charge in [0.05, 0.1) is 28.2 Å². The van der Waals surface area contributed by atoms with Gasteiger partial charge in [-0.25, -0.2) is 4.98 Å². The van der Waals surface area contributed by atoms with E-state index in [1.165, 1.54) is 4.68 Å². The molecule has 0 N–H and O–H groups in total. The fraction of sp³-hybridized carbons (Fsp3) is 0.115. The smallest absolute Gasteiger partial charge is 0.282 e. The third-order valence-corrected chi connectivity index (χ3v) is 7.04. The topological polar surface area (TPSA) is 65.7 Å². The van der Waals surface area contributed by atoms with Crippen LogP contribution in [-0.2, 0) is 0 Å². The van der Waals surface area contributed by atoms with Crippen molar-refractivity contribution < 1.29 is 9.47 Å². The number of nitrogens with zero attached hydrogens (tertiary/aromatic N) is 3. The second kappa shape index (κ2) is 10.8. The van der Waals surface area contributed by atoms with Crippen molar-refractivity contribution in [2.75, 3.05) is 13.2 Å². The van der Waals surface area contributed by atoms with Crippen LogP contribution >= 0.6 is 31.9 Å². The summed E-state index contributed by atoms with van der Waals surface area (Å²) in [4.78, 5) is 18.1. The summed E-state index contributed by atoms with van der Waals surface area (Å²) in [5.41, 5.74) is 1.84. The van der Waals surface area contributed by atoms with Gasteiger partial charge in [-0.3, -0.25) is 4.79 Å². The average molecular weight is 583 g/mol. The average Bonchev–Trinajstić information content (AvgIpc) is 2.86. The van der Waals surface area contributed by atoms with Gasteiger partial charge in [0.1, 0.15) is 6.61 Å². The number of hydrogen-bond donors (Lipinski definition) is 0. The van der Waals surface area contributed by atoms with Crippen molar-refractivity contribution in [1.82, 2.24) is 9.66 Å². The van der Waals surface area contributed by atoms with E-state index in [-0.39, 0.29) is 5.56 Å². The molecule has 1 aromatic heterocycles. The number of ether oxygens (including phenoxy) is 2. The Morgan fingerprint density at radius 3 is 2.53 bits per heavy atom. The Labute approximate surface area is 213 Å². The molecular formula is C26H21Br2N3O3. The van der Waals surface area contributed by atoms with Gasteiger partial charge in [-0.15, -0.1) is 0 Å². The second-order valence-corrected chi connectivity index (χ2v) is 8.72. The SMILES string of the molecule is C=CCOc1c(OCC)cc(C=Nn2c(-c3ccccc3)nc3ccccc3c2=O)c(Br)c1Br. The molecule has 34 heavy (non-hydrogen) atoms. The van der Waals surface area contributed by atoms with E-state index in [1.807, 2.05) is 61.5 Å². The van der Waals surface area contributed by atoms with Gasteiger partial charge >= 0.3 is 0 Å². The standard InChI is InChI=1S/C26H21Br2N3O3/c1-3-14-34-24-21(33-4-2)15-18(22(27)23(24)28)16-29-31-25(17-10-6-5-7-11-17)30-20-13-9-8-12-19(20)26(31)32/h3,5-13,15-16H,1,4,14H2,2H3. The minimum absolute atomic E-state index is 0.258. The quantitative estimate of drug-likeness (QED) is 0.177. The first-order chi connectivity index (χ1) is 16.5. The molecule has 0 aliphatic carbocycles. The summed E-state index contributed by atoms with van der Waals surface area (Å²) in [5.74, 6) is 1.56. The minimum atomic E-state index is -0.258. The zero-order valence-electron chi connectivity index (χ0n) is 18.4. The van der Waals surface area contributed by atoms with Crippen LogP contribution in [0.1, 0.15) is 12.5 Å². The largest absolute Gasteiger partial charge is 0.490 e. The highest BCUT2D eigenvalue weighted by Gasteiger charge is 2.17. The maximum Gasteiger partial charge on any atom is 0.282 e. The number of halogens is 2. The first kappa shape index (κ1) is 23.9. The zero-order chi connectivity index (χ0) is 24.1. The number of hydrogen-bond acceptors (Lipinski definition) is 5. The van der Waals surface area contributed by atoms with Gasteiger partial charge in [-0.05, 0) is 57.0 Å². The Bertz CT molecular complexity index is 1430. The summed E-state index contributed by atoms with van der Waals surface area (Å²) < 4.78 is 14.3. The Morgan fingerprint density at radius 2 is 1.79 bits per heavy atom. The number of para-hydroxylation sites is 1. The number of aromatic nitrogens is 2. The molecule has 0 aliphatic rings. The van der Waals surface area contributed by atoms with E-state index < -0.39 is 0 Å². The Kier molecular flexibility index (Phi) is 7.59. The zero-order valence-corrected chi connectivity index (χ0v) is 21.5. The molecule has 0 unspecified atom stereocenters. The van der Waals surface area contributed by atoms with E-state index in [9.17, 15) is 4.79 Å². The lowest BCUT2D eigenvalue weighted by molar-refractivity contribution is 0.295. The van der Waals surface area contributed by atoms with Gasteiger partial charge in [-0.1, -0.05) is 55.1 Å². The van der Waals surface area contributed by atoms with E-state index in [2.05, 4.69) is 43.5 Å². The number of rotatable bonds is 8. The van der Waals surface area contributed by atoms with E-state index >= 15 is 0 Å². The summed E-state index contributed by atoms with van der Waals surface area (Å²) in [6.45, 7) is 6.38. The molecular weight excluding hydrogens is 562 g/mol. The maximum atomic E-state index is 13.4. The van der Waals surface area contributed by atoms with Crippen molar-refractivity contribution in [2.45, 2.75) is 6.92 Å². The molecule has 0 radical (unpaired) electrons. The molecule has 0 saturated carbocycles. The molecule has 0 atom stereocenters. The molecule has 0 saturated heterocycles. The van der Waals surface area contributed by atoms with Crippen LogP contribution in [0.2, 0.25) is 0 Å². The van der Waals surface area contributed by atoms with Crippen molar-refractivity contribution >= 4 is 49.0 Å². The first-order valence-electron chi connectivity index (χ1n) is 10.5. The molecule has 0 amide bonds. The lowest BCUT2D eigenvalue weighted by Gasteiger charge is -2.15. The predicted octanol–water partition coefficient (Wildman–Crippen LogP) is 6.43. The molecule has 172 valence electrons. The van der Waals surface area contributed by atoms with Crippen LogP contribution in [0, 0.1) is 0 Å². The van der Waals surface area contributed by atoms with Crippen molar-refractivity contribution in [1.29, 1.82) is 0 Å². The molecule has 0 aliphatic heterocycles. The summed E-state index contributed by atoms with van der Waals surface area (Å²) in [5, 5.41) is 5.04. The van der Waals surface area contributed by atoms with Crippen LogP contribution in [0.5, 0.6) is 11.5 Å². The van der Waals surface area contributed by atoms with E-state index in [4.69, 9.17) is 14.5 Å². The van der Waals surface area contributed by atoms with E-state index in [0.717, 1.165) is 5.56 Å². The van der Waals surface area contributed by atoms with Crippen molar-refractivity contribution in [2.24, 2.45) is 5.10 Å². The lowest BCUT2D eigenvalue weighted by atomic mass is 10.2. The number of fused-ring (bicyclic) bond motifs is 1. The summed E-state index contributed by atoms with van der Waals surface area (Å²) in [7, 11) is 0. The molecule has 4 rings (SSSR count). The van der Waals surface area contributed by atoms with Gasteiger partial charge in [-0.2, -0.15) is 9.78 Å².